The van der Waals surface area contributed by atoms with Crippen LogP contribution in [0.2, 0.25) is 0 Å². The second-order valence-electron chi connectivity index (χ2n) is 8.89. The molecule has 0 heterocycles. The molecule has 0 saturated carbocycles. The molecular weight excluding hydrogens is 362 g/mol. The van der Waals surface area contributed by atoms with Gasteiger partial charge in [0.05, 0.1) is 20.6 Å². The quantitative estimate of drug-likeness (QED) is 0.195. The Morgan fingerprint density at radius 1 is 0.679 bits per heavy atom. The van der Waals surface area contributed by atoms with E-state index in [1.54, 1.807) is 0 Å². The highest BCUT2D eigenvalue weighted by molar-refractivity contribution is 5.13. The van der Waals surface area contributed by atoms with Crippen molar-refractivity contribution in [2.24, 2.45) is 0 Å². The van der Waals surface area contributed by atoms with E-state index in [4.69, 9.17) is 0 Å². The van der Waals surface area contributed by atoms with Gasteiger partial charge >= 0.3 is 0 Å². The van der Waals surface area contributed by atoms with E-state index in [9.17, 15) is 0 Å². The predicted molar refractivity (Wildman–Crippen MR) is 122 cm³/mol. The van der Waals surface area contributed by atoms with Crippen LogP contribution in [-0.4, -0.2) is 25.1 Å². The molecule has 0 aliphatic carbocycles. The minimum atomic E-state index is 0. The maximum atomic E-state index is 2.42. The first-order valence-corrected chi connectivity index (χ1v) is 11.6. The maximum absolute atomic E-state index is 2.42. The lowest BCUT2D eigenvalue weighted by atomic mass is 10.1. The number of rotatable bonds is 17. The molecule has 28 heavy (non-hydrogen) atoms. The fourth-order valence-corrected chi connectivity index (χ4v) is 3.77. The summed E-state index contributed by atoms with van der Waals surface area (Å²) in [6.07, 6.45) is 22.8. The van der Waals surface area contributed by atoms with E-state index >= 15 is 0 Å². The van der Waals surface area contributed by atoms with Gasteiger partial charge in [-0.05, 0) is 38.5 Å². The standard InChI is InChI=1S/C26H46N.ClH/c1-4-5-6-7-8-9-10-11-12-13-14-15-16-17-21-24-27(2,3)25-26-22-19-18-20-23-26;/h10-11,18-20,22-23H,4-9,12-17,21,24-25H2,1-3H3;1H/q+1;/p-1/b11-10-;. The second-order valence-corrected chi connectivity index (χ2v) is 8.89. The lowest BCUT2D eigenvalue weighted by Gasteiger charge is -2.30. The molecule has 0 saturated heterocycles. The summed E-state index contributed by atoms with van der Waals surface area (Å²) in [5, 5.41) is 0. The third kappa shape index (κ3) is 16.2. The topological polar surface area (TPSA) is 0 Å². The SMILES string of the molecule is CCCCCCC/C=C\CCCCCCCC[N+](C)(C)Cc1ccccc1.[Cl-]. The normalized spacial score (nSPS) is 11.7. The van der Waals surface area contributed by atoms with E-state index in [0.29, 0.717) is 0 Å². The molecule has 1 rings (SSSR count). The van der Waals surface area contributed by atoms with Crippen LogP contribution in [0.5, 0.6) is 0 Å². The molecule has 0 aromatic heterocycles. The van der Waals surface area contributed by atoms with E-state index in [1.807, 2.05) is 0 Å². The molecule has 2 heteroatoms. The number of quaternary nitrogens is 1. The van der Waals surface area contributed by atoms with E-state index in [-0.39, 0.29) is 12.4 Å². The number of allylic oxidation sites excluding steroid dienone is 2. The fraction of sp³-hybridized carbons (Fsp3) is 0.692. The molecule has 0 N–H and O–H groups in total. The summed E-state index contributed by atoms with van der Waals surface area (Å²) in [6.45, 7) is 4.72. The van der Waals surface area contributed by atoms with Crippen molar-refractivity contribution in [3.05, 3.63) is 48.0 Å². The number of hydrogen-bond acceptors (Lipinski definition) is 0. The van der Waals surface area contributed by atoms with Crippen LogP contribution in [0.4, 0.5) is 0 Å². The molecule has 0 bridgehead atoms. The molecule has 0 aliphatic heterocycles. The van der Waals surface area contributed by atoms with Crippen molar-refractivity contribution in [1.82, 2.24) is 0 Å². The van der Waals surface area contributed by atoms with Crippen LogP contribution in [0.15, 0.2) is 42.5 Å². The molecule has 0 amide bonds. The Labute approximate surface area is 182 Å². The first kappa shape index (κ1) is 27.2. The highest BCUT2D eigenvalue weighted by Gasteiger charge is 2.14. The molecule has 0 aliphatic rings. The van der Waals surface area contributed by atoms with Gasteiger partial charge in [0.15, 0.2) is 0 Å². The molecule has 0 fully saturated rings. The van der Waals surface area contributed by atoms with E-state index in [0.717, 1.165) is 11.0 Å². The van der Waals surface area contributed by atoms with Crippen LogP contribution in [-0.2, 0) is 6.54 Å². The summed E-state index contributed by atoms with van der Waals surface area (Å²) < 4.78 is 1.10. The summed E-state index contributed by atoms with van der Waals surface area (Å²) in [5.74, 6) is 0. The van der Waals surface area contributed by atoms with Gasteiger partial charge in [-0.3, -0.25) is 0 Å². The Morgan fingerprint density at radius 3 is 1.75 bits per heavy atom. The van der Waals surface area contributed by atoms with Gasteiger partial charge < -0.3 is 16.9 Å². The highest BCUT2D eigenvalue weighted by Crippen LogP contribution is 2.13. The largest absolute Gasteiger partial charge is 1.00 e. The van der Waals surface area contributed by atoms with Crippen LogP contribution in [0.1, 0.15) is 96.0 Å². The van der Waals surface area contributed by atoms with Crippen molar-refractivity contribution in [3.63, 3.8) is 0 Å². The van der Waals surface area contributed by atoms with Crippen LogP contribution in [0, 0.1) is 0 Å². The van der Waals surface area contributed by atoms with Crippen molar-refractivity contribution in [3.8, 4) is 0 Å². The molecule has 1 aromatic carbocycles. The highest BCUT2D eigenvalue weighted by atomic mass is 35.5. The van der Waals surface area contributed by atoms with Crippen LogP contribution >= 0.6 is 0 Å². The summed E-state index contributed by atoms with van der Waals surface area (Å²) in [4.78, 5) is 0. The van der Waals surface area contributed by atoms with Crippen molar-refractivity contribution in [2.75, 3.05) is 20.6 Å². The van der Waals surface area contributed by atoms with Gasteiger partial charge in [-0.15, -0.1) is 0 Å². The smallest absolute Gasteiger partial charge is 0.104 e. The number of unbranched alkanes of at least 4 members (excludes halogenated alkanes) is 11. The predicted octanol–water partition coefficient (Wildman–Crippen LogP) is 4.91. The van der Waals surface area contributed by atoms with Crippen LogP contribution in [0.25, 0.3) is 0 Å². The van der Waals surface area contributed by atoms with Crippen molar-refractivity contribution < 1.29 is 16.9 Å². The Bertz CT molecular complexity index is 467. The van der Waals surface area contributed by atoms with Crippen LogP contribution in [0.3, 0.4) is 0 Å². The van der Waals surface area contributed by atoms with Gasteiger partial charge in [0.2, 0.25) is 0 Å². The third-order valence-corrected chi connectivity index (χ3v) is 5.48. The summed E-state index contributed by atoms with van der Waals surface area (Å²) in [7, 11) is 4.73. The first-order chi connectivity index (χ1) is 13.1. The zero-order chi connectivity index (χ0) is 19.6. The summed E-state index contributed by atoms with van der Waals surface area (Å²) in [5.41, 5.74) is 1.46. The second kappa shape index (κ2) is 18.3. The maximum Gasteiger partial charge on any atom is 0.104 e. The van der Waals surface area contributed by atoms with E-state index < -0.39 is 0 Å². The average Bonchev–Trinajstić information content (AvgIpc) is 2.65. The van der Waals surface area contributed by atoms with Crippen LogP contribution < -0.4 is 12.4 Å². The molecule has 0 atom stereocenters. The summed E-state index contributed by atoms with van der Waals surface area (Å²) in [6, 6.07) is 10.9. The minimum absolute atomic E-state index is 0. The molecule has 162 valence electrons. The zero-order valence-corrected chi connectivity index (χ0v) is 19.7. The Morgan fingerprint density at radius 2 is 1.18 bits per heavy atom. The molecule has 0 radical (unpaired) electrons. The molecule has 1 nitrogen and oxygen atoms in total. The lowest BCUT2D eigenvalue weighted by Crippen LogP contribution is -3.00. The molecule has 1 aromatic rings. The van der Waals surface area contributed by atoms with Gasteiger partial charge in [-0.2, -0.15) is 0 Å². The van der Waals surface area contributed by atoms with Gasteiger partial charge in [0, 0.05) is 5.56 Å². The van der Waals surface area contributed by atoms with Gasteiger partial charge in [0.1, 0.15) is 6.54 Å². The van der Waals surface area contributed by atoms with Crippen molar-refractivity contribution >= 4 is 0 Å². The number of nitrogens with zero attached hydrogens (tertiary/aromatic N) is 1. The molecule has 0 spiro atoms. The average molecular weight is 408 g/mol. The number of halogens is 1. The molecular formula is C26H46ClN. The third-order valence-electron chi connectivity index (χ3n) is 5.48. The Hall–Kier alpha value is -0.790. The van der Waals surface area contributed by atoms with Gasteiger partial charge in [-0.25, -0.2) is 0 Å². The monoisotopic (exact) mass is 407 g/mol. The fourth-order valence-electron chi connectivity index (χ4n) is 3.77. The Balaban J connectivity index is 0.00000729. The zero-order valence-electron chi connectivity index (χ0n) is 19.0. The lowest BCUT2D eigenvalue weighted by molar-refractivity contribution is -0.903. The Kier molecular flexibility index (Phi) is 17.7. The molecule has 0 unspecified atom stereocenters. The van der Waals surface area contributed by atoms with Crippen molar-refractivity contribution in [1.29, 1.82) is 0 Å². The van der Waals surface area contributed by atoms with Gasteiger partial charge in [-0.1, -0.05) is 94.4 Å². The summed E-state index contributed by atoms with van der Waals surface area (Å²) >= 11 is 0. The van der Waals surface area contributed by atoms with E-state index in [1.165, 1.54) is 95.6 Å². The number of hydrogen-bond donors (Lipinski definition) is 0. The first-order valence-electron chi connectivity index (χ1n) is 11.6. The minimum Gasteiger partial charge on any atom is -1.00 e. The van der Waals surface area contributed by atoms with E-state index in [2.05, 4.69) is 63.5 Å². The number of benzene rings is 1. The van der Waals surface area contributed by atoms with Crippen molar-refractivity contribution in [2.45, 2.75) is 96.9 Å². The van der Waals surface area contributed by atoms with Gasteiger partial charge in [0.25, 0.3) is 0 Å².